The Morgan fingerprint density at radius 3 is 2.33 bits per heavy atom. The number of carbonyl (C=O) groups is 2. The van der Waals surface area contributed by atoms with Gasteiger partial charge in [-0.1, -0.05) is 0 Å². The molecule has 0 aliphatic carbocycles. The topological polar surface area (TPSA) is 74.7 Å². The molecule has 0 amide bonds. The molecule has 3 aromatic rings. The van der Waals surface area contributed by atoms with Gasteiger partial charge < -0.3 is 14.2 Å². The lowest BCUT2D eigenvalue weighted by molar-refractivity contribution is -0.145. The molecule has 1 aromatic heterocycles. The molecule has 7 heteroatoms. The van der Waals surface area contributed by atoms with Crippen molar-refractivity contribution < 1.29 is 23.8 Å². The highest BCUT2D eigenvalue weighted by molar-refractivity contribution is 7.13. The Bertz CT molecular complexity index is 980. The summed E-state index contributed by atoms with van der Waals surface area (Å²) < 4.78 is 15.8. The summed E-state index contributed by atoms with van der Waals surface area (Å²) in [5.74, 6) is 0.966. The molecule has 2 aromatic carbocycles. The maximum atomic E-state index is 12.2. The van der Waals surface area contributed by atoms with E-state index in [1.54, 1.807) is 31.4 Å². The van der Waals surface area contributed by atoms with Gasteiger partial charge in [0.15, 0.2) is 5.78 Å². The third kappa shape index (κ3) is 5.90. The summed E-state index contributed by atoms with van der Waals surface area (Å²) in [5.41, 5.74) is 2.20. The zero-order valence-corrected chi connectivity index (χ0v) is 17.7. The van der Waals surface area contributed by atoms with Crippen LogP contribution >= 0.6 is 11.3 Å². The number of nitrogens with zero attached hydrogens (tertiary/aromatic N) is 1. The van der Waals surface area contributed by atoms with Crippen LogP contribution in [0.4, 0.5) is 0 Å². The summed E-state index contributed by atoms with van der Waals surface area (Å²) in [6.45, 7) is 2.55. The van der Waals surface area contributed by atoms with Gasteiger partial charge in [-0.15, -0.1) is 11.3 Å². The summed E-state index contributed by atoms with van der Waals surface area (Å²) in [5, 5.41) is 2.70. The first kappa shape index (κ1) is 21.5. The molecule has 0 N–H and O–H groups in total. The van der Waals surface area contributed by atoms with Crippen LogP contribution in [0.2, 0.25) is 0 Å². The Labute approximate surface area is 179 Å². The van der Waals surface area contributed by atoms with E-state index in [0.717, 1.165) is 16.3 Å². The minimum Gasteiger partial charge on any atom is -0.497 e. The quantitative estimate of drug-likeness (QED) is 0.339. The third-order valence-corrected chi connectivity index (χ3v) is 5.25. The van der Waals surface area contributed by atoms with Crippen molar-refractivity contribution in [1.82, 2.24) is 4.98 Å². The van der Waals surface area contributed by atoms with Crippen molar-refractivity contribution in [3.8, 4) is 22.1 Å². The third-order valence-electron chi connectivity index (χ3n) is 4.31. The lowest BCUT2D eigenvalue weighted by Gasteiger charge is -2.05. The minimum absolute atomic E-state index is 0.0293. The summed E-state index contributed by atoms with van der Waals surface area (Å²) in [6.07, 6.45) is 0.127. The number of ether oxygens (including phenoxy) is 3. The van der Waals surface area contributed by atoms with Crippen LogP contribution in [0.3, 0.4) is 0 Å². The fraction of sp³-hybridized carbons (Fsp3) is 0.261. The van der Waals surface area contributed by atoms with Crippen molar-refractivity contribution in [3.05, 3.63) is 65.2 Å². The number of hydrogen-bond acceptors (Lipinski definition) is 7. The first-order valence-corrected chi connectivity index (χ1v) is 10.5. The molecule has 0 atom stereocenters. The van der Waals surface area contributed by atoms with Crippen molar-refractivity contribution in [3.63, 3.8) is 0 Å². The summed E-state index contributed by atoms with van der Waals surface area (Å²) in [4.78, 5) is 28.7. The van der Waals surface area contributed by atoms with Crippen molar-refractivity contribution >= 4 is 23.1 Å². The second-order valence-corrected chi connectivity index (χ2v) is 7.27. The molecule has 156 valence electrons. The van der Waals surface area contributed by atoms with Gasteiger partial charge in [0.25, 0.3) is 0 Å². The van der Waals surface area contributed by atoms with Gasteiger partial charge in [0.1, 0.15) is 23.1 Å². The van der Waals surface area contributed by atoms with Gasteiger partial charge in [-0.25, -0.2) is 4.98 Å². The summed E-state index contributed by atoms with van der Waals surface area (Å²) in [6, 6.07) is 14.5. The van der Waals surface area contributed by atoms with Crippen molar-refractivity contribution in [2.24, 2.45) is 0 Å². The SMILES string of the molecule is CCOc1ccc(C(=O)CCC(=O)OCc2csc(-c3ccc(OC)cc3)n2)cc1. The average Bonchev–Trinajstić information content (AvgIpc) is 3.26. The van der Waals surface area contributed by atoms with Gasteiger partial charge >= 0.3 is 5.97 Å². The number of benzene rings is 2. The normalized spacial score (nSPS) is 10.5. The van der Waals surface area contributed by atoms with Crippen molar-refractivity contribution in [1.29, 1.82) is 0 Å². The van der Waals surface area contributed by atoms with E-state index in [1.807, 2.05) is 36.6 Å². The second-order valence-electron chi connectivity index (χ2n) is 6.41. The van der Waals surface area contributed by atoms with Gasteiger partial charge in [-0.05, 0) is 55.5 Å². The molecule has 6 nitrogen and oxygen atoms in total. The Morgan fingerprint density at radius 2 is 1.67 bits per heavy atom. The fourth-order valence-corrected chi connectivity index (χ4v) is 3.54. The summed E-state index contributed by atoms with van der Waals surface area (Å²) >= 11 is 1.48. The Balaban J connectivity index is 1.45. The molecule has 0 spiro atoms. The first-order chi connectivity index (χ1) is 14.6. The minimum atomic E-state index is -0.423. The van der Waals surface area contributed by atoms with E-state index in [4.69, 9.17) is 14.2 Å². The lowest BCUT2D eigenvalue weighted by Crippen LogP contribution is -2.08. The maximum absolute atomic E-state index is 12.2. The van der Waals surface area contributed by atoms with Crippen LogP contribution < -0.4 is 9.47 Å². The van der Waals surface area contributed by atoms with Gasteiger partial charge in [0.05, 0.1) is 25.8 Å². The highest BCUT2D eigenvalue weighted by Gasteiger charge is 2.12. The average molecular weight is 426 g/mol. The predicted molar refractivity (Wildman–Crippen MR) is 115 cm³/mol. The van der Waals surface area contributed by atoms with E-state index in [-0.39, 0.29) is 25.2 Å². The van der Waals surface area contributed by atoms with E-state index in [0.29, 0.717) is 23.6 Å². The lowest BCUT2D eigenvalue weighted by atomic mass is 10.1. The van der Waals surface area contributed by atoms with Crippen molar-refractivity contribution in [2.75, 3.05) is 13.7 Å². The molecule has 0 saturated carbocycles. The molecule has 3 rings (SSSR count). The zero-order chi connectivity index (χ0) is 21.3. The van der Waals surface area contributed by atoms with E-state index >= 15 is 0 Å². The van der Waals surface area contributed by atoms with Crippen LogP contribution in [-0.4, -0.2) is 30.5 Å². The number of methoxy groups -OCH3 is 1. The van der Waals surface area contributed by atoms with Crippen LogP contribution in [0.15, 0.2) is 53.9 Å². The van der Waals surface area contributed by atoms with Gasteiger partial charge in [-0.2, -0.15) is 0 Å². The number of Topliss-reactive ketones (excluding diaryl/α,β-unsaturated/α-hetero) is 1. The molecular weight excluding hydrogens is 402 g/mol. The number of aromatic nitrogens is 1. The standard InChI is InChI=1S/C23H23NO5S/c1-3-28-20-10-4-16(5-11-20)21(25)12-13-22(26)29-14-18-15-30-23(24-18)17-6-8-19(27-2)9-7-17/h4-11,15H,3,12-14H2,1-2H3. The van der Waals surface area contributed by atoms with Crippen LogP contribution in [0.1, 0.15) is 35.8 Å². The molecule has 0 radical (unpaired) electrons. The molecular formula is C23H23NO5S. The van der Waals surface area contributed by atoms with Crippen LogP contribution in [0.25, 0.3) is 10.6 Å². The highest BCUT2D eigenvalue weighted by Crippen LogP contribution is 2.26. The second kappa shape index (κ2) is 10.5. The molecule has 0 unspecified atom stereocenters. The van der Waals surface area contributed by atoms with E-state index < -0.39 is 5.97 Å². The first-order valence-electron chi connectivity index (χ1n) is 9.59. The monoisotopic (exact) mass is 425 g/mol. The largest absolute Gasteiger partial charge is 0.497 e. The van der Waals surface area contributed by atoms with Gasteiger partial charge in [0.2, 0.25) is 0 Å². The Kier molecular flexibility index (Phi) is 7.57. The van der Waals surface area contributed by atoms with Gasteiger partial charge in [0, 0.05) is 22.9 Å². The van der Waals surface area contributed by atoms with Crippen LogP contribution in [-0.2, 0) is 16.1 Å². The molecule has 0 aliphatic heterocycles. The van der Waals surface area contributed by atoms with Crippen LogP contribution in [0.5, 0.6) is 11.5 Å². The zero-order valence-electron chi connectivity index (χ0n) is 16.9. The molecule has 0 aliphatic rings. The molecule has 1 heterocycles. The molecule has 0 saturated heterocycles. The number of esters is 1. The molecule has 30 heavy (non-hydrogen) atoms. The summed E-state index contributed by atoms with van der Waals surface area (Å²) in [7, 11) is 1.62. The van der Waals surface area contributed by atoms with E-state index in [9.17, 15) is 9.59 Å². The predicted octanol–water partition coefficient (Wildman–Crippen LogP) is 4.92. The van der Waals surface area contributed by atoms with Crippen molar-refractivity contribution in [2.45, 2.75) is 26.4 Å². The fourth-order valence-electron chi connectivity index (χ4n) is 2.73. The smallest absolute Gasteiger partial charge is 0.306 e. The molecule has 0 bridgehead atoms. The van der Waals surface area contributed by atoms with E-state index in [1.165, 1.54) is 11.3 Å². The maximum Gasteiger partial charge on any atom is 0.306 e. The Hall–Kier alpha value is -3.19. The number of thiazole rings is 1. The number of ketones is 1. The number of carbonyl (C=O) groups excluding carboxylic acids is 2. The van der Waals surface area contributed by atoms with E-state index in [2.05, 4.69) is 4.98 Å². The van der Waals surface area contributed by atoms with Crippen LogP contribution in [0, 0.1) is 0 Å². The number of rotatable bonds is 10. The Morgan fingerprint density at radius 1 is 0.967 bits per heavy atom. The van der Waals surface area contributed by atoms with Gasteiger partial charge in [-0.3, -0.25) is 9.59 Å². The highest BCUT2D eigenvalue weighted by atomic mass is 32.1. The molecule has 0 fully saturated rings. The number of hydrogen-bond donors (Lipinski definition) is 0.